The van der Waals surface area contributed by atoms with Gasteiger partial charge >= 0.3 is 0 Å². The summed E-state index contributed by atoms with van der Waals surface area (Å²) in [6.07, 6.45) is 1.34. The summed E-state index contributed by atoms with van der Waals surface area (Å²) in [5, 5.41) is 18.5. The standard InChI is InChI=1S/C31H36ClFN8O2/c1-7-24(43)40-11-18(4)41(12-17(40)3)30-20-10-21(32)26(25-16(2)8-9-22-27(25)23(15-42)37-36-22)28(33)29(20)34-31(35-30)39-13-19(14-39)38(5)6/h7-10,17-19,42H,1,11-15H2,2-6H3,(H,36,37)/t17-,18+/m1/s1. The van der Waals surface area contributed by atoms with Crippen LogP contribution in [0.3, 0.4) is 0 Å². The molecule has 4 heterocycles. The highest BCUT2D eigenvalue weighted by Crippen LogP contribution is 2.43. The van der Waals surface area contributed by atoms with Gasteiger partial charge in [0.2, 0.25) is 11.9 Å². The molecule has 0 unspecified atom stereocenters. The van der Waals surface area contributed by atoms with E-state index in [0.29, 0.717) is 58.4 Å². The van der Waals surface area contributed by atoms with Crippen molar-refractivity contribution in [1.82, 2.24) is 30.0 Å². The predicted octanol–water partition coefficient (Wildman–Crippen LogP) is 4.13. The molecule has 0 saturated carbocycles. The fraction of sp³-hybridized carbons (Fsp3) is 0.419. The molecule has 2 aromatic carbocycles. The Kier molecular flexibility index (Phi) is 7.52. The van der Waals surface area contributed by atoms with Crippen molar-refractivity contribution in [1.29, 1.82) is 0 Å². The van der Waals surface area contributed by atoms with Crippen LogP contribution >= 0.6 is 11.6 Å². The molecule has 4 aromatic rings. The molecular weight excluding hydrogens is 571 g/mol. The number of fused-ring (bicyclic) bond motifs is 2. The molecular formula is C31H36ClFN8O2. The second kappa shape index (κ2) is 11.0. The highest BCUT2D eigenvalue weighted by atomic mass is 35.5. The number of nitrogens with zero attached hydrogens (tertiary/aromatic N) is 7. The molecule has 43 heavy (non-hydrogen) atoms. The number of H-pyrrole nitrogens is 1. The fourth-order valence-corrected chi connectivity index (χ4v) is 6.56. The van der Waals surface area contributed by atoms with E-state index in [1.54, 1.807) is 11.0 Å². The molecule has 2 aliphatic rings. The maximum Gasteiger partial charge on any atom is 0.246 e. The number of halogens is 2. The molecule has 2 N–H and O–H groups in total. The number of likely N-dealkylation sites (N-methyl/N-ethyl adjacent to an activating group) is 1. The van der Waals surface area contributed by atoms with E-state index in [4.69, 9.17) is 21.6 Å². The van der Waals surface area contributed by atoms with Crippen LogP contribution < -0.4 is 9.80 Å². The van der Waals surface area contributed by atoms with E-state index in [1.807, 2.05) is 47.0 Å². The number of hydrogen-bond donors (Lipinski definition) is 2. The molecule has 0 spiro atoms. The molecule has 226 valence electrons. The minimum absolute atomic E-state index is 0.104. The molecule has 2 aromatic heterocycles. The van der Waals surface area contributed by atoms with Gasteiger partial charge in [0.05, 0.1) is 22.8 Å². The van der Waals surface area contributed by atoms with Gasteiger partial charge in [-0.25, -0.2) is 9.37 Å². The maximum absolute atomic E-state index is 17.0. The first-order chi connectivity index (χ1) is 20.5. The van der Waals surface area contributed by atoms with Crippen LogP contribution in [-0.4, -0.2) is 99.4 Å². The van der Waals surface area contributed by atoms with Gasteiger partial charge < -0.3 is 24.7 Å². The number of aromatic nitrogens is 4. The van der Waals surface area contributed by atoms with Gasteiger partial charge in [-0.05, 0) is 58.6 Å². The molecule has 2 atom stereocenters. The summed E-state index contributed by atoms with van der Waals surface area (Å²) in [4.78, 5) is 30.5. The lowest BCUT2D eigenvalue weighted by Gasteiger charge is -2.45. The Bertz CT molecular complexity index is 1750. The third-order valence-electron chi connectivity index (χ3n) is 8.86. The van der Waals surface area contributed by atoms with Gasteiger partial charge in [0.1, 0.15) is 11.3 Å². The van der Waals surface area contributed by atoms with Crippen LogP contribution in [0.15, 0.2) is 30.9 Å². The first-order valence-electron chi connectivity index (χ1n) is 14.4. The average Bonchev–Trinajstić information content (AvgIpc) is 3.37. The molecule has 2 saturated heterocycles. The van der Waals surface area contributed by atoms with Crippen molar-refractivity contribution in [2.75, 3.05) is 50.1 Å². The minimum Gasteiger partial charge on any atom is -0.390 e. The molecule has 0 bridgehead atoms. The number of aliphatic hydroxyl groups is 1. The lowest BCUT2D eigenvalue weighted by Crippen LogP contribution is -2.59. The Hall–Kier alpha value is -3.80. The van der Waals surface area contributed by atoms with Crippen LogP contribution in [0.1, 0.15) is 25.1 Å². The molecule has 2 aliphatic heterocycles. The summed E-state index contributed by atoms with van der Waals surface area (Å²) in [6, 6.07) is 5.60. The monoisotopic (exact) mass is 606 g/mol. The highest BCUT2D eigenvalue weighted by Gasteiger charge is 2.36. The molecule has 6 rings (SSSR count). The largest absolute Gasteiger partial charge is 0.390 e. The topological polar surface area (TPSA) is 105 Å². The van der Waals surface area contributed by atoms with Crippen molar-refractivity contribution < 1.29 is 14.3 Å². The normalized spacial score (nSPS) is 19.5. The molecule has 12 heteroatoms. The van der Waals surface area contributed by atoms with Gasteiger partial charge in [0.15, 0.2) is 5.82 Å². The van der Waals surface area contributed by atoms with Crippen LogP contribution in [0.2, 0.25) is 5.02 Å². The Morgan fingerprint density at radius 1 is 1.19 bits per heavy atom. The average molecular weight is 607 g/mol. The van der Waals surface area contributed by atoms with Crippen molar-refractivity contribution in [3.05, 3.63) is 53.0 Å². The number of hydrogen-bond acceptors (Lipinski definition) is 8. The number of aromatic amines is 1. The summed E-state index contributed by atoms with van der Waals surface area (Å²) < 4.78 is 17.0. The molecule has 2 fully saturated rings. The van der Waals surface area contributed by atoms with E-state index in [9.17, 15) is 9.90 Å². The first kappa shape index (κ1) is 29.3. The smallest absolute Gasteiger partial charge is 0.246 e. The minimum atomic E-state index is -0.557. The first-order valence-corrected chi connectivity index (χ1v) is 14.8. The van der Waals surface area contributed by atoms with Crippen LogP contribution in [0.4, 0.5) is 16.2 Å². The van der Waals surface area contributed by atoms with E-state index < -0.39 is 5.82 Å². The van der Waals surface area contributed by atoms with E-state index in [0.717, 1.165) is 18.7 Å². The number of aliphatic hydroxyl groups excluding tert-OH is 1. The maximum atomic E-state index is 17.0. The molecule has 10 nitrogen and oxygen atoms in total. The van der Waals surface area contributed by atoms with E-state index in [2.05, 4.69) is 31.5 Å². The number of amides is 1. The molecule has 1 amide bonds. The number of piperazine rings is 1. The summed E-state index contributed by atoms with van der Waals surface area (Å²) >= 11 is 6.95. The SMILES string of the molecule is C=CC(=O)N1C[C@H](C)N(c2nc(N3CC(N(C)C)C3)nc3c(F)c(-c4c(C)ccc5[nH]nc(CO)c45)c(Cl)cc23)C[C@H]1C. The van der Waals surface area contributed by atoms with Crippen LogP contribution in [0.5, 0.6) is 0 Å². The van der Waals surface area contributed by atoms with Gasteiger partial charge in [0, 0.05) is 66.2 Å². The highest BCUT2D eigenvalue weighted by molar-refractivity contribution is 6.35. The van der Waals surface area contributed by atoms with Crippen LogP contribution in [0.25, 0.3) is 32.9 Å². The lowest BCUT2D eigenvalue weighted by molar-refractivity contribution is -0.128. The summed E-state index contributed by atoms with van der Waals surface area (Å²) in [5.74, 6) is 0.359. The number of benzene rings is 2. The van der Waals surface area contributed by atoms with E-state index >= 15 is 4.39 Å². The summed E-state index contributed by atoms with van der Waals surface area (Å²) in [6.45, 7) is 11.7. The number of aryl methyl sites for hydroxylation is 1. The number of rotatable bonds is 6. The number of carbonyl (C=O) groups excluding carboxylic acids is 1. The van der Waals surface area contributed by atoms with E-state index in [-0.39, 0.29) is 40.7 Å². The third kappa shape index (κ3) is 4.79. The second-order valence-corrected chi connectivity index (χ2v) is 12.3. The Morgan fingerprint density at radius 3 is 2.60 bits per heavy atom. The summed E-state index contributed by atoms with van der Waals surface area (Å²) in [5.41, 5.74) is 2.83. The van der Waals surface area contributed by atoms with Gasteiger partial charge in [0.25, 0.3) is 0 Å². The Balaban J connectivity index is 1.56. The summed E-state index contributed by atoms with van der Waals surface area (Å²) in [7, 11) is 4.07. The zero-order valence-corrected chi connectivity index (χ0v) is 25.8. The van der Waals surface area contributed by atoms with Gasteiger partial charge in [-0.1, -0.05) is 24.2 Å². The number of carbonyl (C=O) groups is 1. The quantitative estimate of drug-likeness (QED) is 0.316. The van der Waals surface area contributed by atoms with Crippen molar-refractivity contribution in [2.45, 2.75) is 45.5 Å². The Labute approximate surface area is 254 Å². The predicted molar refractivity (Wildman–Crippen MR) is 168 cm³/mol. The van der Waals surface area contributed by atoms with Gasteiger partial charge in [-0.2, -0.15) is 10.1 Å². The van der Waals surface area contributed by atoms with Crippen LogP contribution in [0, 0.1) is 12.7 Å². The van der Waals surface area contributed by atoms with E-state index in [1.165, 1.54) is 6.08 Å². The zero-order chi connectivity index (χ0) is 30.7. The van der Waals surface area contributed by atoms with Crippen molar-refractivity contribution in [3.63, 3.8) is 0 Å². The van der Waals surface area contributed by atoms with Crippen molar-refractivity contribution in [2.24, 2.45) is 0 Å². The van der Waals surface area contributed by atoms with Crippen molar-refractivity contribution >= 4 is 51.1 Å². The van der Waals surface area contributed by atoms with Crippen molar-refractivity contribution in [3.8, 4) is 11.1 Å². The van der Waals surface area contributed by atoms with Crippen LogP contribution in [-0.2, 0) is 11.4 Å². The lowest BCUT2D eigenvalue weighted by atomic mass is 9.93. The number of anilines is 2. The third-order valence-corrected chi connectivity index (χ3v) is 9.15. The second-order valence-electron chi connectivity index (χ2n) is 11.9. The number of nitrogens with one attached hydrogen (secondary N) is 1. The zero-order valence-electron chi connectivity index (χ0n) is 25.0. The molecule has 0 radical (unpaired) electrons. The Morgan fingerprint density at radius 2 is 1.93 bits per heavy atom. The fourth-order valence-electron chi connectivity index (χ4n) is 6.27. The molecule has 0 aliphatic carbocycles. The van der Waals surface area contributed by atoms with Gasteiger partial charge in [-0.3, -0.25) is 9.89 Å². The van der Waals surface area contributed by atoms with Gasteiger partial charge in [-0.15, -0.1) is 0 Å².